The van der Waals surface area contributed by atoms with E-state index in [0.717, 1.165) is 144 Å². The first-order valence-corrected chi connectivity index (χ1v) is 25.3. The summed E-state index contributed by atoms with van der Waals surface area (Å²) in [5, 5.41) is 10.5. The van der Waals surface area contributed by atoms with Crippen molar-refractivity contribution in [1.29, 1.82) is 0 Å². The Labute approximate surface area is 422 Å². The molecule has 5 aromatic heterocycles. The van der Waals surface area contributed by atoms with Gasteiger partial charge in [0, 0.05) is 76.7 Å². The molecule has 2 aliphatic rings. The minimum atomic E-state index is -0.524. The minimum absolute atomic E-state index is 0.0710. The van der Waals surface area contributed by atoms with Crippen molar-refractivity contribution in [2.24, 2.45) is 0 Å². The molecule has 2 atom stereocenters. The fraction of sp³-hybridized carbons (Fsp3) is 0.0448. The number of hydrogen-bond donors (Lipinski definition) is 0. The standard InChI is InChI=1S/C67H41N3O4/c1-67-36-15-14-30-50(67)45-27-18-32-52(64(45)74-67)69(40-21-6-3-7-22-40)54-38-49-43-25-10-13-35-57(43)73-66(49)62-59(54)47-29-16-28-46-58-53(37-48-42-24-9-12-34-56(42)72-65(48)61(58)70(62)60(46)47)68(39-19-4-2-5-20-39)51-31-17-26-44-41-23-8-11-33-55(41)71-63(44)51/h2-38,50H,1H3. The molecule has 0 saturated carbocycles. The number of hydrogen-bond acceptors (Lipinski definition) is 6. The van der Waals surface area contributed by atoms with Crippen LogP contribution in [-0.4, -0.2) is 10.0 Å². The van der Waals surface area contributed by atoms with Gasteiger partial charge in [-0.3, -0.25) is 0 Å². The zero-order chi connectivity index (χ0) is 48.4. The zero-order valence-corrected chi connectivity index (χ0v) is 39.9. The summed E-state index contributed by atoms with van der Waals surface area (Å²) in [6.07, 6.45) is 8.70. The Balaban J connectivity index is 1.07. The average Bonchev–Trinajstić information content (AvgIpc) is 4.45. The van der Waals surface area contributed by atoms with Crippen molar-refractivity contribution >= 4 is 138 Å². The molecule has 6 heterocycles. The van der Waals surface area contributed by atoms with Gasteiger partial charge in [-0.25, -0.2) is 0 Å². The molecular formula is C67H41N3O4. The van der Waals surface area contributed by atoms with Crippen LogP contribution in [0.2, 0.25) is 0 Å². The van der Waals surface area contributed by atoms with Crippen LogP contribution in [0.25, 0.3) is 104 Å². The van der Waals surface area contributed by atoms with Crippen LogP contribution in [0.15, 0.2) is 238 Å². The minimum Gasteiger partial charge on any atom is -0.480 e. The van der Waals surface area contributed by atoms with E-state index in [4.69, 9.17) is 18.0 Å². The summed E-state index contributed by atoms with van der Waals surface area (Å²) in [5.74, 6) is 0.947. The summed E-state index contributed by atoms with van der Waals surface area (Å²) in [4.78, 5) is 4.80. The van der Waals surface area contributed by atoms with Crippen LogP contribution in [0.3, 0.4) is 0 Å². The lowest BCUT2D eigenvalue weighted by molar-refractivity contribution is 0.156. The van der Waals surface area contributed by atoms with E-state index in [2.05, 4.69) is 240 Å². The molecule has 0 N–H and O–H groups in total. The van der Waals surface area contributed by atoms with E-state index in [1.807, 2.05) is 6.07 Å². The third kappa shape index (κ3) is 5.19. The van der Waals surface area contributed by atoms with Crippen LogP contribution < -0.4 is 14.5 Å². The maximum absolute atomic E-state index is 7.21. The molecule has 0 saturated heterocycles. The number of aromatic nitrogens is 1. The molecular weight excluding hydrogens is 911 g/mol. The highest BCUT2D eigenvalue weighted by molar-refractivity contribution is 6.36. The van der Waals surface area contributed by atoms with Crippen molar-refractivity contribution in [3.05, 3.63) is 230 Å². The number of ether oxygens (including phenoxy) is 1. The van der Waals surface area contributed by atoms with Gasteiger partial charge in [-0.2, -0.15) is 0 Å². The van der Waals surface area contributed by atoms with Gasteiger partial charge >= 0.3 is 0 Å². The summed E-state index contributed by atoms with van der Waals surface area (Å²) in [6.45, 7) is 2.19. The van der Waals surface area contributed by atoms with Gasteiger partial charge in [0.15, 0.2) is 16.7 Å². The summed E-state index contributed by atoms with van der Waals surface area (Å²) >= 11 is 0. The number of fused-ring (bicyclic) bond motifs is 20. The Morgan fingerprint density at radius 2 is 0.878 bits per heavy atom. The second-order valence-electron chi connectivity index (χ2n) is 20.0. The molecule has 10 aromatic carbocycles. The normalized spacial score (nSPS) is 16.4. The molecule has 0 spiro atoms. The van der Waals surface area contributed by atoms with Crippen molar-refractivity contribution in [1.82, 2.24) is 4.40 Å². The van der Waals surface area contributed by atoms with Crippen molar-refractivity contribution in [3.8, 4) is 5.75 Å². The molecule has 0 fully saturated rings. The second kappa shape index (κ2) is 14.5. The molecule has 0 radical (unpaired) electrons. The number of para-hydroxylation sites is 8. The van der Waals surface area contributed by atoms with E-state index < -0.39 is 5.60 Å². The van der Waals surface area contributed by atoms with E-state index >= 15 is 0 Å². The third-order valence-electron chi connectivity index (χ3n) is 16.0. The predicted molar refractivity (Wildman–Crippen MR) is 302 cm³/mol. The SMILES string of the molecule is CC12C=CC=CC1c1cccc(N(c3ccccc3)c3cc4c5ccccc5oc4c4c3c3cccc5c6c(N(c7ccccc7)c7cccc8c7oc7ccccc78)cc7c8ccccc8oc7c6n4c35)c1O2. The van der Waals surface area contributed by atoms with E-state index in [1.165, 1.54) is 5.56 Å². The van der Waals surface area contributed by atoms with Gasteiger partial charge in [-0.1, -0.05) is 152 Å². The lowest BCUT2D eigenvalue weighted by Gasteiger charge is -2.30. The Morgan fingerprint density at radius 3 is 1.49 bits per heavy atom. The maximum Gasteiger partial charge on any atom is 0.160 e. The van der Waals surface area contributed by atoms with Crippen LogP contribution in [0.4, 0.5) is 34.1 Å². The number of allylic oxidation sites excluding steroid dienone is 2. The quantitative estimate of drug-likeness (QED) is 0.165. The molecule has 7 heteroatoms. The molecule has 1 aliphatic carbocycles. The molecule has 0 amide bonds. The molecule has 2 unspecified atom stereocenters. The van der Waals surface area contributed by atoms with E-state index in [1.54, 1.807) is 0 Å². The number of nitrogens with zero attached hydrogens (tertiary/aromatic N) is 3. The highest BCUT2D eigenvalue weighted by Gasteiger charge is 2.44. The van der Waals surface area contributed by atoms with Crippen molar-refractivity contribution < 1.29 is 18.0 Å². The Morgan fingerprint density at radius 1 is 0.405 bits per heavy atom. The molecule has 0 bridgehead atoms. The van der Waals surface area contributed by atoms with Gasteiger partial charge in [0.1, 0.15) is 39.1 Å². The first-order chi connectivity index (χ1) is 36.6. The van der Waals surface area contributed by atoms with Gasteiger partial charge in [0.25, 0.3) is 0 Å². The number of rotatable bonds is 6. The summed E-state index contributed by atoms with van der Waals surface area (Å²) in [6, 6.07) is 71.0. The third-order valence-corrected chi connectivity index (χ3v) is 16.0. The van der Waals surface area contributed by atoms with Gasteiger partial charge in [-0.05, 0) is 79.7 Å². The smallest absolute Gasteiger partial charge is 0.160 e. The molecule has 348 valence electrons. The van der Waals surface area contributed by atoms with E-state index in [9.17, 15) is 0 Å². The van der Waals surface area contributed by atoms with Gasteiger partial charge in [0.2, 0.25) is 0 Å². The zero-order valence-electron chi connectivity index (χ0n) is 39.9. The van der Waals surface area contributed by atoms with Gasteiger partial charge in [0.05, 0.1) is 28.3 Å². The Kier molecular flexibility index (Phi) is 7.80. The van der Waals surface area contributed by atoms with Crippen LogP contribution in [0, 0.1) is 0 Å². The first kappa shape index (κ1) is 39.9. The van der Waals surface area contributed by atoms with Gasteiger partial charge < -0.3 is 32.2 Å². The highest BCUT2D eigenvalue weighted by atomic mass is 16.5. The highest BCUT2D eigenvalue weighted by Crippen LogP contribution is 2.58. The maximum atomic E-state index is 7.21. The molecule has 1 aliphatic heterocycles. The lowest BCUT2D eigenvalue weighted by Crippen LogP contribution is -2.32. The monoisotopic (exact) mass is 951 g/mol. The van der Waals surface area contributed by atoms with E-state index in [-0.39, 0.29) is 5.92 Å². The van der Waals surface area contributed by atoms with Gasteiger partial charge in [-0.15, -0.1) is 0 Å². The number of benzene rings is 10. The lowest BCUT2D eigenvalue weighted by atomic mass is 9.82. The first-order valence-electron chi connectivity index (χ1n) is 25.3. The van der Waals surface area contributed by atoms with Crippen LogP contribution in [0.1, 0.15) is 18.4 Å². The molecule has 15 aromatic rings. The fourth-order valence-corrected chi connectivity index (χ4v) is 12.9. The molecule has 7 nitrogen and oxygen atoms in total. The van der Waals surface area contributed by atoms with Crippen molar-refractivity contribution in [3.63, 3.8) is 0 Å². The largest absolute Gasteiger partial charge is 0.480 e. The Bertz CT molecular complexity index is 4920. The number of furan rings is 3. The Hall–Kier alpha value is -9.72. The van der Waals surface area contributed by atoms with E-state index in [0.29, 0.717) is 0 Å². The van der Waals surface area contributed by atoms with Crippen molar-refractivity contribution in [2.75, 3.05) is 9.80 Å². The van der Waals surface area contributed by atoms with Crippen LogP contribution in [0.5, 0.6) is 5.75 Å². The number of anilines is 6. The summed E-state index contributed by atoms with van der Waals surface area (Å²) < 4.78 is 30.9. The summed E-state index contributed by atoms with van der Waals surface area (Å²) in [7, 11) is 0. The predicted octanol–water partition coefficient (Wildman–Crippen LogP) is 18.8. The summed E-state index contributed by atoms with van der Waals surface area (Å²) in [5.41, 5.74) is 14.5. The molecule has 74 heavy (non-hydrogen) atoms. The molecule has 17 rings (SSSR count). The second-order valence-corrected chi connectivity index (χ2v) is 20.0. The van der Waals surface area contributed by atoms with Crippen molar-refractivity contribution in [2.45, 2.75) is 18.4 Å². The van der Waals surface area contributed by atoms with Crippen LogP contribution in [-0.2, 0) is 0 Å². The van der Waals surface area contributed by atoms with Crippen LogP contribution >= 0.6 is 0 Å². The average molecular weight is 952 g/mol. The fourth-order valence-electron chi connectivity index (χ4n) is 12.9. The topological polar surface area (TPSA) is 59.5 Å².